The second kappa shape index (κ2) is 8.62. The van der Waals surface area contributed by atoms with Gasteiger partial charge in [-0.1, -0.05) is 28.1 Å². The van der Waals surface area contributed by atoms with E-state index in [4.69, 9.17) is 9.05 Å². The van der Waals surface area contributed by atoms with Crippen molar-refractivity contribution in [2.75, 3.05) is 18.5 Å². The molecule has 0 bridgehead atoms. The van der Waals surface area contributed by atoms with Gasteiger partial charge in [-0.2, -0.15) is 0 Å². The number of rotatable bonds is 8. The van der Waals surface area contributed by atoms with Crippen molar-refractivity contribution < 1.29 is 13.6 Å². The molecule has 1 heterocycles. The van der Waals surface area contributed by atoms with E-state index >= 15 is 0 Å². The van der Waals surface area contributed by atoms with Gasteiger partial charge in [-0.25, -0.2) is 4.79 Å². The Bertz CT molecular complexity index is 854. The van der Waals surface area contributed by atoms with E-state index in [1.54, 1.807) is 38.1 Å². The van der Waals surface area contributed by atoms with E-state index in [0.29, 0.717) is 5.56 Å². The number of aromatic nitrogens is 2. The zero-order valence-corrected chi connectivity index (χ0v) is 16.2. The normalized spacial score (nSPS) is 12.8. The van der Waals surface area contributed by atoms with Crippen molar-refractivity contribution in [2.24, 2.45) is 0 Å². The summed E-state index contributed by atoms with van der Waals surface area (Å²) in [6.07, 6.45) is 1.22. The van der Waals surface area contributed by atoms with Gasteiger partial charge in [-0.05, 0) is 31.5 Å². The lowest BCUT2D eigenvalue weighted by Crippen LogP contribution is -2.26. The van der Waals surface area contributed by atoms with Crippen molar-refractivity contribution in [3.63, 3.8) is 0 Å². The minimum absolute atomic E-state index is 0.0483. The van der Waals surface area contributed by atoms with Crippen LogP contribution >= 0.6 is 23.5 Å². The molecule has 0 fully saturated rings. The average molecular weight is 432 g/mol. The van der Waals surface area contributed by atoms with Crippen LogP contribution in [0.15, 0.2) is 44.5 Å². The molecule has 10 heteroatoms. The fraction of sp³-hybridized carbons (Fsp3) is 0.333. The Labute approximate surface area is 152 Å². The van der Waals surface area contributed by atoms with Crippen LogP contribution in [0.5, 0.6) is 0 Å². The van der Waals surface area contributed by atoms with Gasteiger partial charge in [-0.15, -0.1) is 0 Å². The molecular weight excluding hydrogens is 413 g/mol. The van der Waals surface area contributed by atoms with Gasteiger partial charge in [0, 0.05) is 10.7 Å². The van der Waals surface area contributed by atoms with E-state index in [9.17, 15) is 14.2 Å². The van der Waals surface area contributed by atoms with Gasteiger partial charge in [0.15, 0.2) is 5.78 Å². The lowest BCUT2D eigenvalue weighted by atomic mass is 10.2. The number of halogens is 1. The van der Waals surface area contributed by atoms with Crippen molar-refractivity contribution in [1.82, 2.24) is 9.97 Å². The predicted octanol–water partition coefficient (Wildman–Crippen LogP) is 3.20. The van der Waals surface area contributed by atoms with Gasteiger partial charge < -0.3 is 19.3 Å². The first kappa shape index (κ1) is 19.7. The van der Waals surface area contributed by atoms with Crippen molar-refractivity contribution in [3.8, 4) is 0 Å². The van der Waals surface area contributed by atoms with E-state index in [1.165, 1.54) is 6.20 Å². The molecule has 0 aliphatic heterocycles. The van der Waals surface area contributed by atoms with Crippen molar-refractivity contribution >= 4 is 29.2 Å². The molecule has 0 spiro atoms. The van der Waals surface area contributed by atoms with Crippen LogP contribution in [0.3, 0.4) is 0 Å². The van der Waals surface area contributed by atoms with Crippen LogP contribution in [0, 0.1) is 0 Å². The van der Waals surface area contributed by atoms with E-state index in [0.717, 1.165) is 4.47 Å². The fourth-order valence-corrected chi connectivity index (χ4v) is 4.39. The Morgan fingerprint density at radius 1 is 1.16 bits per heavy atom. The maximum absolute atomic E-state index is 13.3. The summed E-state index contributed by atoms with van der Waals surface area (Å²) in [5, 5.41) is 2.88. The number of H-pyrrole nitrogens is 2. The van der Waals surface area contributed by atoms with Gasteiger partial charge in [0.2, 0.25) is 0 Å². The van der Waals surface area contributed by atoms with Gasteiger partial charge >= 0.3 is 13.3 Å². The van der Waals surface area contributed by atoms with E-state index < -0.39 is 24.6 Å². The SMILES string of the molecule is CCOP(=O)(OCC)C(Nc1c[nH]c(=O)[nH]c1=O)c1ccc(Br)cc1. The zero-order valence-electron chi connectivity index (χ0n) is 13.7. The van der Waals surface area contributed by atoms with Gasteiger partial charge in [0.05, 0.1) is 13.2 Å². The predicted molar refractivity (Wildman–Crippen MR) is 99.0 cm³/mol. The summed E-state index contributed by atoms with van der Waals surface area (Å²) in [4.78, 5) is 27.7. The van der Waals surface area contributed by atoms with Crippen LogP contribution in [-0.2, 0) is 13.6 Å². The Hall–Kier alpha value is -1.67. The van der Waals surface area contributed by atoms with Crippen molar-refractivity contribution in [3.05, 3.63) is 61.3 Å². The lowest BCUT2D eigenvalue weighted by molar-refractivity contribution is 0.214. The number of nitrogens with one attached hydrogen (secondary N) is 3. The molecule has 0 radical (unpaired) electrons. The number of hydrogen-bond donors (Lipinski definition) is 3. The molecule has 0 amide bonds. The summed E-state index contributed by atoms with van der Waals surface area (Å²) >= 11 is 3.35. The number of benzene rings is 1. The first-order valence-corrected chi connectivity index (χ1v) is 10.0. The van der Waals surface area contributed by atoms with Crippen molar-refractivity contribution in [2.45, 2.75) is 19.6 Å². The molecule has 2 rings (SSSR count). The van der Waals surface area contributed by atoms with Crippen LogP contribution in [0.1, 0.15) is 25.2 Å². The monoisotopic (exact) mass is 431 g/mol. The molecule has 0 saturated carbocycles. The quantitative estimate of drug-likeness (QED) is 0.553. The molecule has 3 N–H and O–H groups in total. The molecule has 2 aromatic rings. The molecule has 0 aliphatic carbocycles. The zero-order chi connectivity index (χ0) is 18.4. The summed E-state index contributed by atoms with van der Waals surface area (Å²) in [5.41, 5.74) is -0.606. The topological polar surface area (TPSA) is 113 Å². The van der Waals surface area contributed by atoms with Gasteiger partial charge in [0.1, 0.15) is 5.69 Å². The first-order chi connectivity index (χ1) is 11.9. The minimum atomic E-state index is -3.63. The molecule has 1 aromatic carbocycles. The second-order valence-electron chi connectivity index (χ2n) is 4.96. The third kappa shape index (κ3) is 4.92. The van der Waals surface area contributed by atoms with Crippen LogP contribution in [-0.4, -0.2) is 23.2 Å². The lowest BCUT2D eigenvalue weighted by Gasteiger charge is -2.27. The highest BCUT2D eigenvalue weighted by atomic mass is 79.9. The maximum Gasteiger partial charge on any atom is 0.357 e. The third-order valence-corrected chi connectivity index (χ3v) is 6.06. The van der Waals surface area contributed by atoms with Crippen LogP contribution in [0.4, 0.5) is 5.69 Å². The number of anilines is 1. The largest absolute Gasteiger partial charge is 0.362 e. The molecular formula is C15H19BrN3O5P. The molecule has 1 aromatic heterocycles. The second-order valence-corrected chi connectivity index (χ2v) is 7.99. The van der Waals surface area contributed by atoms with Crippen molar-refractivity contribution in [1.29, 1.82) is 0 Å². The number of aromatic amines is 2. The van der Waals surface area contributed by atoms with Gasteiger partial charge in [0.25, 0.3) is 5.56 Å². The maximum atomic E-state index is 13.3. The first-order valence-electron chi connectivity index (χ1n) is 7.62. The Balaban J connectivity index is 2.50. The molecule has 0 aliphatic rings. The summed E-state index contributed by atoms with van der Waals surface area (Å²) < 4.78 is 25.0. The van der Waals surface area contributed by atoms with Gasteiger partial charge in [-0.3, -0.25) is 14.3 Å². The van der Waals surface area contributed by atoms with E-state index in [-0.39, 0.29) is 18.9 Å². The summed E-state index contributed by atoms with van der Waals surface area (Å²) in [6, 6.07) is 7.05. The van der Waals surface area contributed by atoms with Crippen LogP contribution in [0.25, 0.3) is 0 Å². The highest BCUT2D eigenvalue weighted by Crippen LogP contribution is 2.60. The molecule has 136 valence electrons. The fourth-order valence-electron chi connectivity index (χ4n) is 2.20. The summed E-state index contributed by atoms with van der Waals surface area (Å²) in [7, 11) is -3.63. The molecule has 1 unspecified atom stereocenters. The van der Waals surface area contributed by atoms with E-state index in [1.807, 2.05) is 0 Å². The highest BCUT2D eigenvalue weighted by Gasteiger charge is 2.37. The summed E-state index contributed by atoms with van der Waals surface area (Å²) in [6.45, 7) is 3.76. The Kier molecular flexibility index (Phi) is 6.78. The smallest absolute Gasteiger partial charge is 0.357 e. The standard InChI is InChI=1S/C15H19BrN3O5P/c1-3-23-25(22,24-4-2)14(10-5-7-11(16)8-6-10)18-12-9-17-15(21)19-13(12)20/h5-9,14,18H,3-4H2,1-2H3,(H2,17,19,20,21). The summed E-state index contributed by atoms with van der Waals surface area (Å²) in [5.74, 6) is -0.924. The highest BCUT2D eigenvalue weighted by molar-refractivity contribution is 9.10. The average Bonchev–Trinajstić information content (AvgIpc) is 2.55. The number of hydrogen-bond acceptors (Lipinski definition) is 6. The Morgan fingerprint density at radius 2 is 1.76 bits per heavy atom. The van der Waals surface area contributed by atoms with Crippen LogP contribution in [0.2, 0.25) is 0 Å². The van der Waals surface area contributed by atoms with Crippen LogP contribution < -0.4 is 16.6 Å². The third-order valence-electron chi connectivity index (χ3n) is 3.23. The minimum Gasteiger partial charge on any atom is -0.362 e. The Morgan fingerprint density at radius 3 is 2.28 bits per heavy atom. The molecule has 25 heavy (non-hydrogen) atoms. The molecule has 0 saturated heterocycles. The molecule has 8 nitrogen and oxygen atoms in total. The van der Waals surface area contributed by atoms with E-state index in [2.05, 4.69) is 31.2 Å². The molecule has 1 atom stereocenters.